The number of likely N-dealkylation sites (tertiary alicyclic amines) is 2. The van der Waals surface area contributed by atoms with Gasteiger partial charge in [0.05, 0.1) is 11.1 Å². The number of carbonyl (C=O) groups excluding carboxylic acids is 1. The minimum absolute atomic E-state index is 0.0132. The monoisotopic (exact) mass is 420 g/mol. The molecule has 2 aliphatic heterocycles. The molecular weight excluding hydrogens is 398 g/mol. The van der Waals surface area contributed by atoms with Gasteiger partial charge in [-0.2, -0.15) is 0 Å². The molecule has 4 rings (SSSR count). The summed E-state index contributed by atoms with van der Waals surface area (Å²) in [6.45, 7) is 1.84. The lowest BCUT2D eigenvalue weighted by Gasteiger charge is -2.37. The third-order valence-electron chi connectivity index (χ3n) is 5.96. The zero-order valence-corrected chi connectivity index (χ0v) is 16.7. The first kappa shape index (κ1) is 20.1. The zero-order chi connectivity index (χ0) is 20.5. The molecule has 2 aliphatic rings. The number of nitrogens with zero attached hydrogens (tertiary/aromatic N) is 2. The van der Waals surface area contributed by atoms with Crippen molar-refractivity contribution in [2.24, 2.45) is 0 Å². The molecule has 0 saturated carbocycles. The molecule has 1 unspecified atom stereocenters. The van der Waals surface area contributed by atoms with Crippen LogP contribution >= 0.6 is 11.6 Å². The molecule has 1 amide bonds. The Morgan fingerprint density at radius 3 is 2.55 bits per heavy atom. The molecule has 2 aromatic carbocycles. The van der Waals surface area contributed by atoms with Gasteiger partial charge in [-0.15, -0.1) is 0 Å². The number of halogens is 3. The Kier molecular flexibility index (Phi) is 5.74. The molecule has 0 aromatic heterocycles. The first-order valence-corrected chi connectivity index (χ1v) is 10.2. The number of phenols is 1. The summed E-state index contributed by atoms with van der Waals surface area (Å²) in [6.07, 6.45) is 0.222. The quantitative estimate of drug-likeness (QED) is 0.809. The van der Waals surface area contributed by atoms with E-state index in [1.807, 2.05) is 4.90 Å². The van der Waals surface area contributed by atoms with Gasteiger partial charge in [-0.3, -0.25) is 9.69 Å². The lowest BCUT2D eigenvalue weighted by atomic mass is 9.87. The van der Waals surface area contributed by atoms with Crippen molar-refractivity contribution in [2.45, 2.75) is 37.5 Å². The van der Waals surface area contributed by atoms with Gasteiger partial charge in [0.25, 0.3) is 0 Å². The summed E-state index contributed by atoms with van der Waals surface area (Å²) in [5.74, 6) is -0.547. The van der Waals surface area contributed by atoms with Crippen LogP contribution in [0.15, 0.2) is 42.5 Å². The van der Waals surface area contributed by atoms with Crippen molar-refractivity contribution in [1.82, 2.24) is 9.80 Å². The maximum absolute atomic E-state index is 14.9. The van der Waals surface area contributed by atoms with Crippen molar-refractivity contribution in [3.8, 4) is 5.75 Å². The highest BCUT2D eigenvalue weighted by Crippen LogP contribution is 2.33. The van der Waals surface area contributed by atoms with Gasteiger partial charge in [0.1, 0.15) is 17.7 Å². The number of piperidine rings is 1. The molecule has 2 heterocycles. The van der Waals surface area contributed by atoms with E-state index < -0.39 is 12.0 Å². The molecule has 3 atom stereocenters. The second kappa shape index (κ2) is 8.28. The average Bonchev–Trinajstić information content (AvgIpc) is 3.06. The van der Waals surface area contributed by atoms with Crippen molar-refractivity contribution in [1.29, 1.82) is 0 Å². The second-order valence-electron chi connectivity index (χ2n) is 7.81. The first-order chi connectivity index (χ1) is 13.9. The van der Waals surface area contributed by atoms with E-state index in [-0.39, 0.29) is 35.2 Å². The Morgan fingerprint density at radius 1 is 1.10 bits per heavy atom. The van der Waals surface area contributed by atoms with E-state index in [0.29, 0.717) is 32.5 Å². The van der Waals surface area contributed by atoms with Crippen LogP contribution in [0.5, 0.6) is 5.75 Å². The van der Waals surface area contributed by atoms with Crippen LogP contribution in [-0.2, 0) is 11.3 Å². The molecular formula is C22H23ClF2N2O2. The maximum atomic E-state index is 14.9. The van der Waals surface area contributed by atoms with Crippen molar-refractivity contribution in [2.75, 3.05) is 19.6 Å². The minimum atomic E-state index is -1.06. The fourth-order valence-electron chi connectivity index (χ4n) is 4.39. The van der Waals surface area contributed by atoms with Crippen LogP contribution < -0.4 is 0 Å². The number of alkyl halides is 1. The number of hydrogen-bond donors (Lipinski definition) is 1. The number of aromatic hydroxyl groups is 1. The van der Waals surface area contributed by atoms with Gasteiger partial charge in [0.15, 0.2) is 0 Å². The van der Waals surface area contributed by atoms with Crippen LogP contribution in [0.1, 0.15) is 29.9 Å². The highest BCUT2D eigenvalue weighted by atomic mass is 35.5. The molecule has 2 saturated heterocycles. The molecule has 0 aliphatic carbocycles. The Hall–Kier alpha value is -2.18. The number of phenolic OH excluding ortho intramolecular Hbond substituents is 1. The summed E-state index contributed by atoms with van der Waals surface area (Å²) in [6, 6.07) is 10.8. The second-order valence-corrected chi connectivity index (χ2v) is 8.22. The predicted molar refractivity (Wildman–Crippen MR) is 107 cm³/mol. The number of benzene rings is 2. The minimum Gasteiger partial charge on any atom is -0.508 e. The van der Waals surface area contributed by atoms with Gasteiger partial charge in [-0.05, 0) is 54.8 Å². The Morgan fingerprint density at radius 2 is 1.86 bits per heavy atom. The number of amides is 1. The summed E-state index contributed by atoms with van der Waals surface area (Å²) in [5.41, 5.74) is 1.65. The topological polar surface area (TPSA) is 43.8 Å². The van der Waals surface area contributed by atoms with Gasteiger partial charge in [0.2, 0.25) is 5.91 Å². The highest BCUT2D eigenvalue weighted by molar-refractivity contribution is 6.30. The predicted octanol–water partition coefficient (Wildman–Crippen LogP) is 4.11. The van der Waals surface area contributed by atoms with Crippen LogP contribution in [0.4, 0.5) is 8.78 Å². The highest BCUT2D eigenvalue weighted by Gasteiger charge is 2.40. The van der Waals surface area contributed by atoms with Crippen LogP contribution in [0.2, 0.25) is 5.02 Å². The van der Waals surface area contributed by atoms with Gasteiger partial charge in [0, 0.05) is 25.6 Å². The van der Waals surface area contributed by atoms with E-state index in [4.69, 9.17) is 11.6 Å². The fourth-order valence-corrected chi connectivity index (χ4v) is 4.59. The summed E-state index contributed by atoms with van der Waals surface area (Å²) >= 11 is 5.83. The van der Waals surface area contributed by atoms with E-state index in [1.165, 1.54) is 12.1 Å². The van der Waals surface area contributed by atoms with Crippen LogP contribution in [0.3, 0.4) is 0 Å². The SMILES string of the molecule is O=C1C(N2CC[C@H](c3ccc(O)cc3)[C@@H](F)C2)CCN1Cc1ccc(F)c(Cl)c1. The van der Waals surface area contributed by atoms with E-state index in [9.17, 15) is 18.7 Å². The lowest BCUT2D eigenvalue weighted by Crippen LogP contribution is -2.49. The molecule has 0 bridgehead atoms. The van der Waals surface area contributed by atoms with Crippen molar-refractivity contribution in [3.05, 3.63) is 64.4 Å². The molecule has 29 heavy (non-hydrogen) atoms. The van der Waals surface area contributed by atoms with Gasteiger partial charge in [-0.1, -0.05) is 29.8 Å². The van der Waals surface area contributed by atoms with Crippen LogP contribution in [-0.4, -0.2) is 52.7 Å². The largest absolute Gasteiger partial charge is 0.508 e. The Bertz CT molecular complexity index is 893. The summed E-state index contributed by atoms with van der Waals surface area (Å²) in [4.78, 5) is 16.6. The van der Waals surface area contributed by atoms with E-state index >= 15 is 0 Å². The van der Waals surface area contributed by atoms with Crippen molar-refractivity contribution < 1.29 is 18.7 Å². The molecule has 1 N–H and O–H groups in total. The van der Waals surface area contributed by atoms with Crippen LogP contribution in [0.25, 0.3) is 0 Å². The van der Waals surface area contributed by atoms with E-state index in [2.05, 4.69) is 0 Å². The maximum Gasteiger partial charge on any atom is 0.240 e. The molecule has 0 spiro atoms. The van der Waals surface area contributed by atoms with E-state index in [0.717, 1.165) is 11.1 Å². The van der Waals surface area contributed by atoms with Gasteiger partial charge in [-0.25, -0.2) is 8.78 Å². The van der Waals surface area contributed by atoms with Crippen molar-refractivity contribution >= 4 is 17.5 Å². The summed E-state index contributed by atoms with van der Waals surface area (Å²) < 4.78 is 28.2. The zero-order valence-electron chi connectivity index (χ0n) is 15.9. The van der Waals surface area contributed by atoms with Gasteiger partial charge >= 0.3 is 0 Å². The Balaban J connectivity index is 1.38. The normalized spacial score (nSPS) is 25.6. The smallest absolute Gasteiger partial charge is 0.240 e. The molecule has 0 radical (unpaired) electrons. The molecule has 2 aromatic rings. The summed E-state index contributed by atoms with van der Waals surface area (Å²) in [5, 5.41) is 9.47. The van der Waals surface area contributed by atoms with Crippen LogP contribution in [0, 0.1) is 5.82 Å². The molecule has 154 valence electrons. The third kappa shape index (κ3) is 4.23. The molecule has 7 heteroatoms. The summed E-state index contributed by atoms with van der Waals surface area (Å²) in [7, 11) is 0. The fraction of sp³-hybridized carbons (Fsp3) is 0.409. The first-order valence-electron chi connectivity index (χ1n) is 9.82. The van der Waals surface area contributed by atoms with Crippen molar-refractivity contribution in [3.63, 3.8) is 0 Å². The number of carbonyl (C=O) groups is 1. The standard InChI is InChI=1S/C22H23ClF2N2O2/c23-18-11-14(1-6-19(18)24)12-27-10-8-21(22(27)29)26-9-7-17(20(25)13-26)15-2-4-16(28)5-3-15/h1-6,11,17,20-21,28H,7-10,12-13H2/t17-,20+,21?/m1/s1. The van der Waals surface area contributed by atoms with Gasteiger partial charge < -0.3 is 10.0 Å². The number of rotatable bonds is 4. The molecule has 2 fully saturated rings. The number of hydrogen-bond acceptors (Lipinski definition) is 3. The average molecular weight is 421 g/mol. The molecule has 4 nitrogen and oxygen atoms in total. The Labute approximate surface area is 173 Å². The van der Waals surface area contributed by atoms with E-state index in [1.54, 1.807) is 35.2 Å². The lowest BCUT2D eigenvalue weighted by molar-refractivity contribution is -0.133. The third-order valence-corrected chi connectivity index (χ3v) is 6.25.